The first kappa shape index (κ1) is 26.8. The maximum Gasteiger partial charge on any atom is 0.573 e. The van der Waals surface area contributed by atoms with E-state index in [9.17, 15) is 23.1 Å². The largest absolute Gasteiger partial charge is 0.573 e. The van der Waals surface area contributed by atoms with Crippen LogP contribution in [0.25, 0.3) is 11.1 Å². The average Bonchev–Trinajstić information content (AvgIpc) is 3.14. The average molecular weight is 519 g/mol. The van der Waals surface area contributed by atoms with E-state index in [0.717, 1.165) is 26.8 Å². The standard InChI is InChI=1S/C22H21F3N2O3S2.ClH/c1-21(2,19(28)29)32-20-27-17(13-31-20)11-12-26-16-7-3-14(4-8-16)15-5-9-18(10-6-15)30-22(23,24)25;/h3-10,13,26H,11-12H2,1-2H3,(H,28,29);1H. The molecule has 1 heterocycles. The Morgan fingerprint density at radius 3 is 2.21 bits per heavy atom. The van der Waals surface area contributed by atoms with E-state index in [-0.39, 0.29) is 18.2 Å². The molecule has 0 atom stereocenters. The maximum atomic E-state index is 12.3. The number of anilines is 1. The highest BCUT2D eigenvalue weighted by Crippen LogP contribution is 2.34. The fourth-order valence-corrected chi connectivity index (χ4v) is 4.90. The Bertz CT molecular complexity index is 1060. The first-order valence-corrected chi connectivity index (χ1v) is 11.3. The van der Waals surface area contributed by atoms with Crippen LogP contribution >= 0.6 is 35.5 Å². The van der Waals surface area contributed by atoms with Crippen molar-refractivity contribution < 1.29 is 27.8 Å². The SMILES string of the molecule is CC(C)(Sc1nc(CCNc2ccc(-c3ccc(OC(F)(F)F)cc3)cc2)cs1)C(=O)O.Cl. The van der Waals surface area contributed by atoms with E-state index in [1.807, 2.05) is 29.6 Å². The third kappa shape index (κ3) is 8.13. The lowest BCUT2D eigenvalue weighted by molar-refractivity contribution is -0.274. The van der Waals surface area contributed by atoms with Crippen LogP contribution in [0.4, 0.5) is 18.9 Å². The van der Waals surface area contributed by atoms with Gasteiger partial charge in [0.25, 0.3) is 0 Å². The maximum absolute atomic E-state index is 12.3. The van der Waals surface area contributed by atoms with Crippen molar-refractivity contribution in [3.8, 4) is 16.9 Å². The highest BCUT2D eigenvalue weighted by molar-refractivity contribution is 8.02. The predicted octanol–water partition coefficient (Wildman–Crippen LogP) is 6.74. The summed E-state index contributed by atoms with van der Waals surface area (Å²) in [6.07, 6.45) is -4.02. The van der Waals surface area contributed by atoms with Gasteiger partial charge in [0.15, 0.2) is 4.34 Å². The second-order valence-corrected chi connectivity index (χ2v) is 10.1. The van der Waals surface area contributed by atoms with Crippen molar-refractivity contribution in [1.82, 2.24) is 4.98 Å². The Kier molecular flexibility index (Phi) is 9.04. The Labute approximate surface area is 203 Å². The van der Waals surface area contributed by atoms with Crippen LogP contribution in [0.15, 0.2) is 58.3 Å². The van der Waals surface area contributed by atoms with Crippen LogP contribution in [0, 0.1) is 0 Å². The van der Waals surface area contributed by atoms with Crippen molar-refractivity contribution in [2.24, 2.45) is 0 Å². The molecule has 0 bridgehead atoms. The van der Waals surface area contributed by atoms with Crippen molar-refractivity contribution in [1.29, 1.82) is 0 Å². The summed E-state index contributed by atoms with van der Waals surface area (Å²) in [5.74, 6) is -1.13. The van der Waals surface area contributed by atoms with Crippen molar-refractivity contribution in [3.05, 3.63) is 59.6 Å². The van der Waals surface area contributed by atoms with Gasteiger partial charge in [-0.3, -0.25) is 4.79 Å². The zero-order chi connectivity index (χ0) is 23.4. The van der Waals surface area contributed by atoms with Gasteiger partial charge in [0, 0.05) is 24.0 Å². The summed E-state index contributed by atoms with van der Waals surface area (Å²) in [6.45, 7) is 3.95. The third-order valence-electron chi connectivity index (χ3n) is 4.40. The lowest BCUT2D eigenvalue weighted by Gasteiger charge is -2.15. The number of hydrogen-bond acceptors (Lipinski definition) is 6. The second-order valence-electron chi connectivity index (χ2n) is 7.35. The molecule has 2 aromatic carbocycles. The number of aliphatic carboxylic acids is 1. The number of ether oxygens (including phenoxy) is 1. The normalized spacial score (nSPS) is 11.5. The second kappa shape index (κ2) is 11.1. The number of aromatic nitrogens is 1. The molecule has 3 rings (SSSR count). The van der Waals surface area contributed by atoms with E-state index in [1.54, 1.807) is 26.0 Å². The number of carboxylic acid groups (broad SMARTS) is 1. The van der Waals surface area contributed by atoms with Gasteiger partial charge in [0.05, 0.1) is 5.69 Å². The number of carboxylic acids is 1. The highest BCUT2D eigenvalue weighted by Gasteiger charge is 2.31. The van der Waals surface area contributed by atoms with Crippen LogP contribution in [0.1, 0.15) is 19.5 Å². The van der Waals surface area contributed by atoms with Crippen molar-refractivity contribution in [2.75, 3.05) is 11.9 Å². The fourth-order valence-electron chi connectivity index (χ4n) is 2.68. The van der Waals surface area contributed by atoms with E-state index in [4.69, 9.17) is 0 Å². The third-order valence-corrected chi connectivity index (χ3v) is 6.58. The van der Waals surface area contributed by atoms with E-state index < -0.39 is 17.1 Å². The van der Waals surface area contributed by atoms with Gasteiger partial charge in [0.1, 0.15) is 10.5 Å². The molecular weight excluding hydrogens is 497 g/mol. The molecule has 0 aliphatic carbocycles. The lowest BCUT2D eigenvalue weighted by atomic mass is 10.1. The molecule has 0 aliphatic heterocycles. The molecule has 0 radical (unpaired) electrons. The van der Waals surface area contributed by atoms with Crippen molar-refractivity contribution in [3.63, 3.8) is 0 Å². The van der Waals surface area contributed by atoms with Gasteiger partial charge in [-0.15, -0.1) is 36.9 Å². The molecule has 11 heteroatoms. The number of nitrogens with zero attached hydrogens (tertiary/aromatic N) is 1. The van der Waals surface area contributed by atoms with Crippen molar-refractivity contribution >= 4 is 47.2 Å². The van der Waals surface area contributed by atoms with Crippen LogP contribution in [0.3, 0.4) is 0 Å². The summed E-state index contributed by atoms with van der Waals surface area (Å²) in [6, 6.07) is 13.3. The molecule has 2 N–H and O–H groups in total. The van der Waals surface area contributed by atoms with Gasteiger partial charge in [-0.05, 0) is 49.2 Å². The number of rotatable bonds is 9. The number of halogens is 4. The predicted molar refractivity (Wildman–Crippen MR) is 128 cm³/mol. The number of benzene rings is 2. The Morgan fingerprint density at radius 1 is 1.09 bits per heavy atom. The van der Waals surface area contributed by atoms with Gasteiger partial charge >= 0.3 is 12.3 Å². The molecule has 0 unspecified atom stereocenters. The van der Waals surface area contributed by atoms with Gasteiger partial charge in [-0.25, -0.2) is 4.98 Å². The minimum atomic E-state index is -4.71. The molecule has 0 saturated heterocycles. The van der Waals surface area contributed by atoms with Gasteiger partial charge < -0.3 is 15.2 Å². The Balaban J connectivity index is 0.00000385. The van der Waals surface area contributed by atoms with Crippen LogP contribution in [0.5, 0.6) is 5.75 Å². The van der Waals surface area contributed by atoms with Crippen LogP contribution < -0.4 is 10.1 Å². The number of thioether (sulfide) groups is 1. The Hall–Kier alpha value is -2.43. The smallest absolute Gasteiger partial charge is 0.480 e. The van der Waals surface area contributed by atoms with Crippen LogP contribution in [-0.4, -0.2) is 33.7 Å². The summed E-state index contributed by atoms with van der Waals surface area (Å²) in [7, 11) is 0. The number of hydrogen-bond donors (Lipinski definition) is 2. The number of nitrogens with one attached hydrogen (secondary N) is 1. The van der Waals surface area contributed by atoms with Gasteiger partial charge in [-0.2, -0.15) is 0 Å². The number of thiazole rings is 1. The van der Waals surface area contributed by atoms with Gasteiger partial charge in [0.2, 0.25) is 0 Å². The zero-order valence-corrected chi connectivity index (χ0v) is 20.1. The fraction of sp³-hybridized carbons (Fsp3) is 0.273. The summed E-state index contributed by atoms with van der Waals surface area (Å²) >= 11 is 2.66. The first-order chi connectivity index (χ1) is 15.0. The molecular formula is C22H22ClF3N2O3S2. The molecule has 33 heavy (non-hydrogen) atoms. The molecule has 1 aromatic heterocycles. The summed E-state index contributed by atoms with van der Waals surface area (Å²) in [4.78, 5) is 15.7. The van der Waals surface area contributed by atoms with E-state index >= 15 is 0 Å². The van der Waals surface area contributed by atoms with Crippen LogP contribution in [-0.2, 0) is 11.2 Å². The number of alkyl halides is 3. The minimum Gasteiger partial charge on any atom is -0.480 e. The van der Waals surface area contributed by atoms with Gasteiger partial charge in [-0.1, -0.05) is 36.0 Å². The topological polar surface area (TPSA) is 71.5 Å². The molecule has 0 saturated carbocycles. The molecule has 5 nitrogen and oxygen atoms in total. The Morgan fingerprint density at radius 2 is 1.67 bits per heavy atom. The molecule has 3 aromatic rings. The van der Waals surface area contributed by atoms with E-state index in [2.05, 4.69) is 15.0 Å². The first-order valence-electron chi connectivity index (χ1n) is 9.59. The minimum absolute atomic E-state index is 0. The molecule has 0 fully saturated rings. The molecule has 0 spiro atoms. The summed E-state index contributed by atoms with van der Waals surface area (Å²) in [5.41, 5.74) is 3.45. The van der Waals surface area contributed by atoms with Crippen LogP contribution in [0.2, 0.25) is 0 Å². The van der Waals surface area contributed by atoms with E-state index in [1.165, 1.54) is 35.2 Å². The molecule has 0 amide bonds. The lowest BCUT2D eigenvalue weighted by Crippen LogP contribution is -2.26. The highest BCUT2D eigenvalue weighted by atomic mass is 35.5. The quantitative estimate of drug-likeness (QED) is 0.306. The summed E-state index contributed by atoms with van der Waals surface area (Å²) in [5, 5.41) is 14.5. The monoisotopic (exact) mass is 518 g/mol. The zero-order valence-electron chi connectivity index (χ0n) is 17.7. The number of carbonyl (C=O) groups is 1. The molecule has 0 aliphatic rings. The summed E-state index contributed by atoms with van der Waals surface area (Å²) < 4.78 is 40.5. The van der Waals surface area contributed by atoms with Crippen molar-refractivity contribution in [2.45, 2.75) is 35.7 Å². The molecule has 178 valence electrons. The van der Waals surface area contributed by atoms with E-state index in [0.29, 0.717) is 13.0 Å².